The van der Waals surface area contributed by atoms with E-state index in [1.54, 1.807) is 11.4 Å². The van der Waals surface area contributed by atoms with Crippen molar-refractivity contribution in [3.8, 4) is 0 Å². The summed E-state index contributed by atoms with van der Waals surface area (Å²) < 4.78 is 27.7. The summed E-state index contributed by atoms with van der Waals surface area (Å²) >= 11 is 1.12. The zero-order valence-corrected chi connectivity index (χ0v) is 16.7. The number of sulfonamides is 1. The van der Waals surface area contributed by atoms with Crippen molar-refractivity contribution >= 4 is 33.0 Å². The molecule has 0 aliphatic rings. The van der Waals surface area contributed by atoms with Gasteiger partial charge in [0.25, 0.3) is 10.0 Å². The van der Waals surface area contributed by atoms with E-state index in [9.17, 15) is 13.2 Å². The molecule has 1 atom stereocenters. The highest BCUT2D eigenvalue weighted by atomic mass is 32.2. The molecular formula is C18H24N2O3S2. The number of benzene rings is 1. The van der Waals surface area contributed by atoms with E-state index in [1.807, 2.05) is 46.8 Å². The van der Waals surface area contributed by atoms with E-state index in [0.29, 0.717) is 0 Å². The van der Waals surface area contributed by atoms with Gasteiger partial charge in [0.1, 0.15) is 10.3 Å². The van der Waals surface area contributed by atoms with E-state index in [2.05, 4.69) is 10.0 Å². The Morgan fingerprint density at radius 1 is 1.12 bits per heavy atom. The lowest BCUT2D eigenvalue weighted by Crippen LogP contribution is -2.47. The van der Waals surface area contributed by atoms with Gasteiger partial charge in [-0.15, -0.1) is 11.3 Å². The SMILES string of the molecule is Cc1cc(C)c(NC(=O)[C@@H](NS(=O)(=O)c2cccs2)C(C)C)c(C)c1. The zero-order chi connectivity index (χ0) is 18.8. The molecule has 1 aromatic heterocycles. The largest absolute Gasteiger partial charge is 0.324 e. The van der Waals surface area contributed by atoms with Gasteiger partial charge < -0.3 is 5.32 Å². The van der Waals surface area contributed by atoms with E-state index in [1.165, 1.54) is 6.07 Å². The molecular weight excluding hydrogens is 356 g/mol. The number of rotatable bonds is 6. The van der Waals surface area contributed by atoms with Crippen molar-refractivity contribution < 1.29 is 13.2 Å². The fourth-order valence-electron chi connectivity index (χ4n) is 2.71. The maximum atomic E-state index is 12.8. The Kier molecular flexibility index (Phi) is 6.03. The first kappa shape index (κ1) is 19.6. The molecule has 1 amide bonds. The van der Waals surface area contributed by atoms with Crippen molar-refractivity contribution in [3.63, 3.8) is 0 Å². The number of anilines is 1. The number of amides is 1. The summed E-state index contributed by atoms with van der Waals surface area (Å²) in [5, 5.41) is 4.59. The van der Waals surface area contributed by atoms with E-state index < -0.39 is 16.1 Å². The van der Waals surface area contributed by atoms with Crippen LogP contribution in [0.3, 0.4) is 0 Å². The van der Waals surface area contributed by atoms with Crippen LogP contribution in [0.15, 0.2) is 33.9 Å². The molecule has 0 bridgehead atoms. The topological polar surface area (TPSA) is 75.3 Å². The van der Waals surface area contributed by atoms with Crippen molar-refractivity contribution in [3.05, 3.63) is 46.3 Å². The maximum absolute atomic E-state index is 12.8. The van der Waals surface area contributed by atoms with Crippen LogP contribution in [0, 0.1) is 26.7 Å². The number of carbonyl (C=O) groups is 1. The second-order valence-electron chi connectivity index (χ2n) is 6.54. The van der Waals surface area contributed by atoms with E-state index in [4.69, 9.17) is 0 Å². The Bertz CT molecular complexity index is 833. The second kappa shape index (κ2) is 7.68. The van der Waals surface area contributed by atoms with Crippen LogP contribution in [-0.4, -0.2) is 20.4 Å². The Hall–Kier alpha value is -1.70. The Labute approximate surface area is 153 Å². The van der Waals surface area contributed by atoms with Gasteiger partial charge in [0, 0.05) is 5.69 Å². The molecule has 0 spiro atoms. The molecule has 5 nitrogen and oxygen atoms in total. The Balaban J connectivity index is 2.25. The highest BCUT2D eigenvalue weighted by molar-refractivity contribution is 7.91. The number of carbonyl (C=O) groups excluding carboxylic acids is 1. The van der Waals surface area contributed by atoms with Crippen molar-refractivity contribution in [2.24, 2.45) is 5.92 Å². The average molecular weight is 381 g/mol. The Morgan fingerprint density at radius 2 is 1.72 bits per heavy atom. The average Bonchev–Trinajstić information content (AvgIpc) is 3.03. The number of hydrogen-bond acceptors (Lipinski definition) is 4. The molecule has 0 saturated heterocycles. The van der Waals surface area contributed by atoms with E-state index in [0.717, 1.165) is 33.7 Å². The summed E-state index contributed by atoms with van der Waals surface area (Å²) in [7, 11) is -3.72. The second-order valence-corrected chi connectivity index (χ2v) is 9.43. The summed E-state index contributed by atoms with van der Waals surface area (Å²) in [6.45, 7) is 9.48. The van der Waals surface area contributed by atoms with Gasteiger partial charge in [-0.1, -0.05) is 37.6 Å². The number of thiophene rings is 1. The number of nitrogens with one attached hydrogen (secondary N) is 2. The van der Waals surface area contributed by atoms with Gasteiger partial charge in [0.15, 0.2) is 0 Å². The fraction of sp³-hybridized carbons (Fsp3) is 0.389. The monoisotopic (exact) mass is 380 g/mol. The van der Waals surface area contributed by atoms with Crippen molar-refractivity contribution in [2.75, 3.05) is 5.32 Å². The van der Waals surface area contributed by atoms with Crippen LogP contribution < -0.4 is 10.0 Å². The Morgan fingerprint density at radius 3 is 2.20 bits per heavy atom. The fourth-order valence-corrected chi connectivity index (χ4v) is 5.07. The first-order valence-electron chi connectivity index (χ1n) is 8.06. The lowest BCUT2D eigenvalue weighted by molar-refractivity contribution is -0.118. The van der Waals surface area contributed by atoms with E-state index >= 15 is 0 Å². The quantitative estimate of drug-likeness (QED) is 0.804. The van der Waals surface area contributed by atoms with Crippen LogP contribution in [0.25, 0.3) is 0 Å². The van der Waals surface area contributed by atoms with Crippen LogP contribution in [0.2, 0.25) is 0 Å². The van der Waals surface area contributed by atoms with E-state index in [-0.39, 0.29) is 16.0 Å². The predicted octanol–water partition coefficient (Wildman–Crippen LogP) is 3.61. The predicted molar refractivity (Wildman–Crippen MR) is 103 cm³/mol. The number of hydrogen-bond donors (Lipinski definition) is 2. The smallest absolute Gasteiger partial charge is 0.250 e. The first-order chi connectivity index (χ1) is 11.6. The summed E-state index contributed by atoms with van der Waals surface area (Å²) in [5.74, 6) is -0.550. The molecule has 1 heterocycles. The van der Waals surface area contributed by atoms with Gasteiger partial charge >= 0.3 is 0 Å². The van der Waals surface area contributed by atoms with Gasteiger partial charge in [-0.3, -0.25) is 4.79 Å². The molecule has 0 aliphatic carbocycles. The molecule has 0 aliphatic heterocycles. The van der Waals surface area contributed by atoms with Crippen molar-refractivity contribution in [1.82, 2.24) is 4.72 Å². The zero-order valence-electron chi connectivity index (χ0n) is 15.1. The molecule has 0 saturated carbocycles. The molecule has 0 unspecified atom stereocenters. The highest BCUT2D eigenvalue weighted by Crippen LogP contribution is 2.23. The van der Waals surface area contributed by atoms with Gasteiger partial charge in [-0.05, 0) is 49.3 Å². The first-order valence-corrected chi connectivity index (χ1v) is 10.4. The van der Waals surface area contributed by atoms with Crippen molar-refractivity contribution in [2.45, 2.75) is 44.9 Å². The molecule has 7 heteroatoms. The van der Waals surface area contributed by atoms with Crippen LogP contribution in [0.5, 0.6) is 0 Å². The standard InChI is InChI=1S/C18H24N2O3S2/c1-11(2)16(20-25(22,23)15-7-6-8-24-15)18(21)19-17-13(4)9-12(3)10-14(17)5/h6-11,16,20H,1-5H3,(H,19,21)/t16-/m0/s1. The van der Waals surface area contributed by atoms with Crippen LogP contribution in [0.4, 0.5) is 5.69 Å². The minimum Gasteiger partial charge on any atom is -0.324 e. The van der Waals surface area contributed by atoms with Gasteiger partial charge in [0.05, 0.1) is 0 Å². The summed E-state index contributed by atoms with van der Waals surface area (Å²) in [6, 6.07) is 6.32. The van der Waals surface area contributed by atoms with Crippen LogP contribution in [0.1, 0.15) is 30.5 Å². The third-order valence-corrected chi connectivity index (χ3v) is 6.75. The molecule has 2 N–H and O–H groups in total. The molecule has 2 aromatic rings. The normalized spacial score (nSPS) is 13.0. The minimum absolute atomic E-state index is 0.194. The lowest BCUT2D eigenvalue weighted by atomic mass is 10.0. The van der Waals surface area contributed by atoms with Gasteiger partial charge in [-0.25, -0.2) is 8.42 Å². The summed E-state index contributed by atoms with van der Waals surface area (Å²) in [4.78, 5) is 12.8. The lowest BCUT2D eigenvalue weighted by Gasteiger charge is -2.22. The molecule has 0 fully saturated rings. The minimum atomic E-state index is -3.72. The third-order valence-electron chi connectivity index (χ3n) is 3.92. The maximum Gasteiger partial charge on any atom is 0.250 e. The highest BCUT2D eigenvalue weighted by Gasteiger charge is 2.29. The molecule has 0 radical (unpaired) electrons. The summed E-state index contributed by atoms with van der Waals surface area (Å²) in [5.41, 5.74) is 3.76. The summed E-state index contributed by atoms with van der Waals surface area (Å²) in [6.07, 6.45) is 0. The van der Waals surface area contributed by atoms with Crippen molar-refractivity contribution in [1.29, 1.82) is 0 Å². The van der Waals surface area contributed by atoms with Crippen LogP contribution >= 0.6 is 11.3 Å². The van der Waals surface area contributed by atoms with Gasteiger partial charge in [-0.2, -0.15) is 4.72 Å². The van der Waals surface area contributed by atoms with Crippen LogP contribution in [-0.2, 0) is 14.8 Å². The molecule has 25 heavy (non-hydrogen) atoms. The number of aryl methyl sites for hydroxylation is 3. The molecule has 136 valence electrons. The third kappa shape index (κ3) is 4.68. The molecule has 1 aromatic carbocycles. The van der Waals surface area contributed by atoms with Gasteiger partial charge in [0.2, 0.25) is 5.91 Å². The molecule has 2 rings (SSSR count).